The average molecular weight is 602 g/mol. The van der Waals surface area contributed by atoms with E-state index in [2.05, 4.69) is 169 Å². The number of benzene rings is 8. The molecule has 2 aromatic heterocycles. The number of nitrogens with zero attached hydrogens (tertiary/aromatic N) is 1. The molecule has 10 aromatic rings. The lowest BCUT2D eigenvalue weighted by molar-refractivity contribution is 0.663. The van der Waals surface area contributed by atoms with Gasteiger partial charge in [-0.05, 0) is 87.3 Å². The molecule has 0 N–H and O–H groups in total. The summed E-state index contributed by atoms with van der Waals surface area (Å²) in [6.45, 7) is 0. The maximum atomic E-state index is 6.89. The minimum Gasteiger partial charge on any atom is -0.455 e. The Bertz CT molecular complexity index is 2770. The molecule has 2 heterocycles. The van der Waals surface area contributed by atoms with E-state index in [4.69, 9.17) is 8.83 Å². The highest BCUT2D eigenvalue weighted by Crippen LogP contribution is 2.48. The van der Waals surface area contributed by atoms with Crippen LogP contribution < -0.4 is 4.90 Å². The second kappa shape index (κ2) is 10.1. The van der Waals surface area contributed by atoms with E-state index < -0.39 is 0 Å². The van der Waals surface area contributed by atoms with Gasteiger partial charge in [-0.25, -0.2) is 0 Å². The lowest BCUT2D eigenvalue weighted by Gasteiger charge is -2.26. The van der Waals surface area contributed by atoms with E-state index in [0.29, 0.717) is 0 Å². The highest BCUT2D eigenvalue weighted by atomic mass is 16.3. The molecule has 3 heteroatoms. The zero-order valence-corrected chi connectivity index (χ0v) is 25.4. The van der Waals surface area contributed by atoms with Gasteiger partial charge in [0.15, 0.2) is 5.58 Å². The maximum absolute atomic E-state index is 6.89. The highest BCUT2D eigenvalue weighted by Gasteiger charge is 2.25. The number of furan rings is 2. The fourth-order valence-corrected chi connectivity index (χ4v) is 7.13. The predicted octanol–water partition coefficient (Wildman–Crippen LogP) is 12.9. The molecule has 0 amide bonds. The van der Waals surface area contributed by atoms with Crippen molar-refractivity contribution in [3.05, 3.63) is 164 Å². The monoisotopic (exact) mass is 601 g/mol. The van der Waals surface area contributed by atoms with Crippen LogP contribution >= 0.6 is 0 Å². The van der Waals surface area contributed by atoms with Gasteiger partial charge < -0.3 is 13.7 Å². The van der Waals surface area contributed by atoms with E-state index in [9.17, 15) is 0 Å². The van der Waals surface area contributed by atoms with Gasteiger partial charge in [0.25, 0.3) is 0 Å². The quantitative estimate of drug-likeness (QED) is 0.201. The predicted molar refractivity (Wildman–Crippen MR) is 196 cm³/mol. The Morgan fingerprint density at radius 3 is 1.51 bits per heavy atom. The van der Waals surface area contributed by atoms with Crippen molar-refractivity contribution in [1.82, 2.24) is 0 Å². The van der Waals surface area contributed by atoms with Crippen LogP contribution in [-0.4, -0.2) is 0 Å². The van der Waals surface area contributed by atoms with E-state index >= 15 is 0 Å². The molecule has 10 rings (SSSR count). The van der Waals surface area contributed by atoms with Gasteiger partial charge in [0.2, 0.25) is 0 Å². The summed E-state index contributed by atoms with van der Waals surface area (Å²) in [4.78, 5) is 2.30. The summed E-state index contributed by atoms with van der Waals surface area (Å²) in [6.07, 6.45) is 0. The first-order chi connectivity index (χ1) is 23.3. The summed E-state index contributed by atoms with van der Waals surface area (Å²) in [7, 11) is 0. The normalized spacial score (nSPS) is 11.8. The van der Waals surface area contributed by atoms with Crippen LogP contribution in [-0.2, 0) is 0 Å². The third kappa shape index (κ3) is 4.07. The molecule has 0 unspecified atom stereocenters. The molecule has 0 bridgehead atoms. The maximum Gasteiger partial charge on any atom is 0.163 e. The molecule has 220 valence electrons. The van der Waals surface area contributed by atoms with Crippen molar-refractivity contribution in [3.63, 3.8) is 0 Å². The van der Waals surface area contributed by atoms with Crippen molar-refractivity contribution in [3.8, 4) is 11.1 Å². The Balaban J connectivity index is 1.32. The third-order valence-electron chi connectivity index (χ3n) is 9.38. The van der Waals surface area contributed by atoms with Gasteiger partial charge in [-0.1, -0.05) is 109 Å². The summed E-state index contributed by atoms with van der Waals surface area (Å²) in [6, 6.07) is 57.8. The second-order valence-electron chi connectivity index (χ2n) is 12.2. The van der Waals surface area contributed by atoms with E-state index in [-0.39, 0.29) is 0 Å². The number of hydrogen-bond acceptors (Lipinski definition) is 3. The molecule has 47 heavy (non-hydrogen) atoms. The Morgan fingerprint density at radius 2 is 0.851 bits per heavy atom. The van der Waals surface area contributed by atoms with Gasteiger partial charge in [-0.15, -0.1) is 0 Å². The van der Waals surface area contributed by atoms with Gasteiger partial charge in [0.05, 0.1) is 11.1 Å². The van der Waals surface area contributed by atoms with Gasteiger partial charge in [0, 0.05) is 27.5 Å². The average Bonchev–Trinajstić information content (AvgIpc) is 3.68. The second-order valence-corrected chi connectivity index (χ2v) is 12.2. The van der Waals surface area contributed by atoms with E-state index in [0.717, 1.165) is 71.7 Å². The SMILES string of the molecule is c1ccc(-c2ccc(N(c3ccccc3)c3cc4c5cc6ccccc6cc5oc4c4c3oc3cc5ccccc5cc34)cc2)cc1. The zero-order valence-electron chi connectivity index (χ0n) is 25.4. The van der Waals surface area contributed by atoms with Crippen LogP contribution in [0, 0.1) is 0 Å². The molecular formula is C44H27NO2. The first-order valence-corrected chi connectivity index (χ1v) is 15.9. The number of anilines is 3. The Morgan fingerprint density at radius 1 is 0.362 bits per heavy atom. The van der Waals surface area contributed by atoms with Crippen LogP contribution in [0.2, 0.25) is 0 Å². The molecule has 0 saturated carbocycles. The van der Waals surface area contributed by atoms with Crippen LogP contribution in [0.1, 0.15) is 0 Å². The third-order valence-corrected chi connectivity index (χ3v) is 9.38. The van der Waals surface area contributed by atoms with Crippen molar-refractivity contribution >= 4 is 82.5 Å². The Labute approximate surface area is 270 Å². The summed E-state index contributed by atoms with van der Waals surface area (Å²) in [5, 5.41) is 8.83. The first-order valence-electron chi connectivity index (χ1n) is 15.9. The number of rotatable bonds is 4. The van der Waals surface area contributed by atoms with Crippen LogP contribution in [0.3, 0.4) is 0 Å². The first kappa shape index (κ1) is 26.0. The molecular weight excluding hydrogens is 574 g/mol. The number of para-hydroxylation sites is 1. The van der Waals surface area contributed by atoms with Crippen molar-refractivity contribution in [2.45, 2.75) is 0 Å². The molecule has 0 radical (unpaired) electrons. The fraction of sp³-hybridized carbons (Fsp3) is 0. The van der Waals surface area contributed by atoms with Gasteiger partial charge >= 0.3 is 0 Å². The molecule has 0 aliphatic heterocycles. The molecule has 3 nitrogen and oxygen atoms in total. The molecule has 0 saturated heterocycles. The van der Waals surface area contributed by atoms with Crippen molar-refractivity contribution < 1.29 is 8.83 Å². The lowest BCUT2D eigenvalue weighted by Crippen LogP contribution is -2.10. The molecule has 0 spiro atoms. The molecule has 0 aliphatic rings. The lowest BCUT2D eigenvalue weighted by atomic mass is 10.0. The molecule has 8 aromatic carbocycles. The van der Waals surface area contributed by atoms with E-state index in [1.165, 1.54) is 21.9 Å². The Hall–Kier alpha value is -6.32. The van der Waals surface area contributed by atoms with Crippen molar-refractivity contribution in [1.29, 1.82) is 0 Å². The zero-order chi connectivity index (χ0) is 30.9. The number of hydrogen-bond donors (Lipinski definition) is 0. The molecule has 0 fully saturated rings. The number of fused-ring (bicyclic) bond motifs is 9. The van der Waals surface area contributed by atoms with Crippen molar-refractivity contribution in [2.24, 2.45) is 0 Å². The Kier molecular flexibility index (Phi) is 5.57. The van der Waals surface area contributed by atoms with Crippen LogP contribution in [0.15, 0.2) is 173 Å². The summed E-state index contributed by atoms with van der Waals surface area (Å²) in [5.41, 5.74) is 8.75. The summed E-state index contributed by atoms with van der Waals surface area (Å²) in [5.74, 6) is 0. The molecule has 0 atom stereocenters. The van der Waals surface area contributed by atoms with E-state index in [1.54, 1.807) is 0 Å². The standard InChI is InChI=1S/C44H27NO2/c1-3-11-28(12-4-1)29-19-21-35(22-20-29)45(34-17-5-2-6-18-34)39-27-37-36-23-30-13-7-9-15-32(30)25-40(36)46-43(37)42-38-24-31-14-8-10-16-33(31)26-41(38)47-44(39)42/h1-27H. The smallest absolute Gasteiger partial charge is 0.163 e. The largest absolute Gasteiger partial charge is 0.455 e. The van der Waals surface area contributed by atoms with Gasteiger partial charge in [-0.3, -0.25) is 0 Å². The van der Waals surface area contributed by atoms with Crippen LogP contribution in [0.4, 0.5) is 17.1 Å². The summed E-state index contributed by atoms with van der Waals surface area (Å²) >= 11 is 0. The highest BCUT2D eigenvalue weighted by molar-refractivity contribution is 6.27. The topological polar surface area (TPSA) is 29.5 Å². The van der Waals surface area contributed by atoms with E-state index in [1.807, 2.05) is 0 Å². The van der Waals surface area contributed by atoms with Crippen LogP contribution in [0.5, 0.6) is 0 Å². The van der Waals surface area contributed by atoms with Crippen molar-refractivity contribution in [2.75, 3.05) is 4.90 Å². The minimum absolute atomic E-state index is 0.794. The van der Waals surface area contributed by atoms with Gasteiger partial charge in [-0.2, -0.15) is 0 Å². The minimum atomic E-state index is 0.794. The summed E-state index contributed by atoms with van der Waals surface area (Å²) < 4.78 is 13.7. The van der Waals surface area contributed by atoms with Crippen LogP contribution in [0.25, 0.3) is 76.5 Å². The molecule has 0 aliphatic carbocycles. The fourth-order valence-electron chi connectivity index (χ4n) is 7.13. The van der Waals surface area contributed by atoms with Gasteiger partial charge in [0.1, 0.15) is 16.7 Å².